The highest BCUT2D eigenvalue weighted by Gasteiger charge is 2.35. The highest BCUT2D eigenvalue weighted by molar-refractivity contribution is 5.92. The first-order chi connectivity index (χ1) is 19.2. The van der Waals surface area contributed by atoms with Gasteiger partial charge in [-0.1, -0.05) is 67.2 Å². The van der Waals surface area contributed by atoms with E-state index in [0.717, 1.165) is 11.1 Å². The van der Waals surface area contributed by atoms with Gasteiger partial charge in [-0.25, -0.2) is 5.48 Å². The van der Waals surface area contributed by atoms with Crippen LogP contribution in [0.4, 0.5) is 5.69 Å². The maximum atomic E-state index is 13.8. The van der Waals surface area contributed by atoms with Gasteiger partial charge in [0.1, 0.15) is 11.9 Å². The first-order valence-electron chi connectivity index (χ1n) is 13.1. The maximum Gasteiger partial charge on any atom is 0.276 e. The molecule has 2 amide bonds. The average molecular weight is 543 g/mol. The second kappa shape index (κ2) is 12.4. The second-order valence-corrected chi connectivity index (χ2v) is 9.94. The molecule has 4 rings (SSSR count). The summed E-state index contributed by atoms with van der Waals surface area (Å²) in [7, 11) is 0. The Morgan fingerprint density at radius 1 is 1.07 bits per heavy atom. The third-order valence-electron chi connectivity index (χ3n) is 7.45. The molecule has 10 nitrogen and oxygen atoms in total. The lowest BCUT2D eigenvalue weighted by atomic mass is 9.87. The molecule has 10 heteroatoms. The fourth-order valence-corrected chi connectivity index (χ4v) is 5.34. The van der Waals surface area contributed by atoms with Gasteiger partial charge in [0.15, 0.2) is 5.96 Å². The van der Waals surface area contributed by atoms with Gasteiger partial charge in [-0.15, -0.1) is 0 Å². The summed E-state index contributed by atoms with van der Waals surface area (Å²) >= 11 is 0. The van der Waals surface area contributed by atoms with Gasteiger partial charge in [0.25, 0.3) is 11.5 Å². The minimum atomic E-state index is -0.698. The van der Waals surface area contributed by atoms with Gasteiger partial charge in [-0.2, -0.15) is 0 Å². The number of likely N-dealkylation sites (tertiary alicyclic amines) is 1. The molecule has 1 fully saturated rings. The number of guanidine groups is 1. The zero-order chi connectivity index (χ0) is 28.8. The molecule has 0 radical (unpaired) electrons. The lowest BCUT2D eigenvalue weighted by Crippen LogP contribution is -2.50. The fraction of sp³-hybridized carbons (Fsp3) is 0.267. The number of nitrogens with two attached hydrogens (primary N) is 1. The summed E-state index contributed by atoms with van der Waals surface area (Å²) in [6.07, 6.45) is 0.161. The average Bonchev–Trinajstić information content (AvgIpc) is 2.97. The van der Waals surface area contributed by atoms with Crippen molar-refractivity contribution < 1.29 is 14.8 Å². The second-order valence-electron chi connectivity index (χ2n) is 9.94. The van der Waals surface area contributed by atoms with E-state index in [-0.39, 0.29) is 47.8 Å². The molecule has 0 saturated carbocycles. The van der Waals surface area contributed by atoms with Gasteiger partial charge in [0.2, 0.25) is 5.91 Å². The van der Waals surface area contributed by atoms with Crippen LogP contribution in [0.1, 0.15) is 48.2 Å². The van der Waals surface area contributed by atoms with E-state index < -0.39 is 17.6 Å². The summed E-state index contributed by atoms with van der Waals surface area (Å²) in [6.45, 7) is 5.87. The summed E-state index contributed by atoms with van der Waals surface area (Å²) < 4.78 is 1.49. The largest absolute Gasteiger partial charge is 0.370 e. The standard InChI is InChI=1S/C30H34N6O4/c1-19-13-14-25(33-26(37)18-24(21-9-5-3-6-10-21)22-11-7-4-8-12-22)29(39)36(19)27-17-23(20(2)28(38)34-40)15-16-35(27)30(31)32/h3-14,23-24,27,40H,2,15-18H2,1H3,(H3,31,32)(H,33,37)(H,34,38). The Labute approximate surface area is 232 Å². The summed E-state index contributed by atoms with van der Waals surface area (Å²) in [4.78, 5) is 40.7. The zero-order valence-corrected chi connectivity index (χ0v) is 22.3. The lowest BCUT2D eigenvalue weighted by Gasteiger charge is -2.41. The molecule has 2 unspecified atom stereocenters. The third kappa shape index (κ3) is 6.13. The summed E-state index contributed by atoms with van der Waals surface area (Å²) in [5.41, 5.74) is 9.89. The van der Waals surface area contributed by atoms with Crippen molar-refractivity contribution in [1.82, 2.24) is 14.9 Å². The van der Waals surface area contributed by atoms with Crippen molar-refractivity contribution in [3.05, 3.63) is 112 Å². The third-order valence-corrected chi connectivity index (χ3v) is 7.45. The molecule has 208 valence electrons. The van der Waals surface area contributed by atoms with Crippen molar-refractivity contribution in [2.75, 3.05) is 11.9 Å². The predicted octanol–water partition coefficient (Wildman–Crippen LogP) is 3.48. The van der Waals surface area contributed by atoms with Crippen LogP contribution in [0.5, 0.6) is 0 Å². The molecular weight excluding hydrogens is 508 g/mol. The van der Waals surface area contributed by atoms with E-state index in [9.17, 15) is 14.4 Å². The first-order valence-corrected chi connectivity index (χ1v) is 13.1. The molecule has 0 aliphatic carbocycles. The van der Waals surface area contributed by atoms with Crippen LogP contribution >= 0.6 is 0 Å². The minimum absolute atomic E-state index is 0.105. The van der Waals surface area contributed by atoms with Crippen LogP contribution in [0.2, 0.25) is 0 Å². The number of aryl methyl sites for hydroxylation is 1. The number of aromatic nitrogens is 1. The van der Waals surface area contributed by atoms with Gasteiger partial charge in [-0.05, 0) is 48.9 Å². The van der Waals surface area contributed by atoms with Gasteiger partial charge in [0.05, 0.1) is 0 Å². The van der Waals surface area contributed by atoms with Gasteiger partial charge in [0, 0.05) is 30.2 Å². The van der Waals surface area contributed by atoms with Crippen LogP contribution in [-0.2, 0) is 9.59 Å². The van der Waals surface area contributed by atoms with Crippen LogP contribution in [0.15, 0.2) is 89.7 Å². The lowest BCUT2D eigenvalue weighted by molar-refractivity contribution is -0.126. The first kappa shape index (κ1) is 28.3. The van der Waals surface area contributed by atoms with Crippen LogP contribution < -0.4 is 22.1 Å². The number of carbonyl (C=O) groups excluding carboxylic acids is 2. The molecule has 6 N–H and O–H groups in total. The molecule has 1 aromatic heterocycles. The number of nitrogens with zero attached hydrogens (tertiary/aromatic N) is 2. The zero-order valence-electron chi connectivity index (χ0n) is 22.3. The van der Waals surface area contributed by atoms with E-state index in [1.165, 1.54) is 4.57 Å². The highest BCUT2D eigenvalue weighted by atomic mass is 16.5. The van der Waals surface area contributed by atoms with Crippen molar-refractivity contribution >= 4 is 23.5 Å². The summed E-state index contributed by atoms with van der Waals surface area (Å²) in [5.74, 6) is -1.78. The number of anilines is 1. The number of hydroxylamine groups is 1. The molecule has 2 aromatic carbocycles. The quantitative estimate of drug-likeness (QED) is 0.0966. The topological polar surface area (TPSA) is 154 Å². The Balaban J connectivity index is 1.62. The van der Waals surface area contributed by atoms with E-state index >= 15 is 0 Å². The van der Waals surface area contributed by atoms with Crippen LogP contribution in [-0.4, -0.2) is 39.0 Å². The molecule has 1 aliphatic rings. The Bertz CT molecular complexity index is 1410. The Morgan fingerprint density at radius 3 is 2.23 bits per heavy atom. The molecule has 2 heterocycles. The Kier molecular flexibility index (Phi) is 8.80. The monoisotopic (exact) mass is 542 g/mol. The highest BCUT2D eigenvalue weighted by Crippen LogP contribution is 2.34. The van der Waals surface area contributed by atoms with Crippen molar-refractivity contribution in [1.29, 1.82) is 5.41 Å². The Morgan fingerprint density at radius 2 is 1.68 bits per heavy atom. The van der Waals surface area contributed by atoms with Crippen LogP contribution in [0.3, 0.4) is 0 Å². The number of piperidine rings is 1. The van der Waals surface area contributed by atoms with Crippen molar-refractivity contribution in [2.24, 2.45) is 11.7 Å². The van der Waals surface area contributed by atoms with E-state index in [1.54, 1.807) is 29.4 Å². The molecule has 40 heavy (non-hydrogen) atoms. The van der Waals surface area contributed by atoms with E-state index in [4.69, 9.17) is 16.4 Å². The minimum Gasteiger partial charge on any atom is -0.370 e. The summed E-state index contributed by atoms with van der Waals surface area (Å²) in [5, 5.41) is 19.9. The van der Waals surface area contributed by atoms with E-state index in [0.29, 0.717) is 18.7 Å². The number of hydrogen-bond donors (Lipinski definition) is 5. The number of pyridine rings is 1. The molecule has 0 spiro atoms. The SMILES string of the molecule is C=C(C(=O)NO)C1CCN(C(=N)N)C(n2c(C)ccc(NC(=O)CC(c3ccccc3)c3ccccc3)c2=O)C1. The van der Waals surface area contributed by atoms with E-state index in [1.807, 2.05) is 60.7 Å². The molecule has 1 saturated heterocycles. The molecule has 1 aliphatic heterocycles. The summed E-state index contributed by atoms with van der Waals surface area (Å²) in [6, 6.07) is 22.8. The maximum absolute atomic E-state index is 13.8. The van der Waals surface area contributed by atoms with E-state index in [2.05, 4.69) is 11.9 Å². The van der Waals surface area contributed by atoms with Gasteiger partial charge < -0.3 is 16.0 Å². The number of carbonyl (C=O) groups is 2. The van der Waals surface area contributed by atoms with Gasteiger partial charge in [-0.3, -0.25) is 29.6 Å². The van der Waals surface area contributed by atoms with Crippen molar-refractivity contribution in [3.8, 4) is 0 Å². The Hall–Kier alpha value is -4.70. The number of benzene rings is 2. The molecule has 0 bridgehead atoms. The van der Waals surface area contributed by atoms with Crippen molar-refractivity contribution in [3.63, 3.8) is 0 Å². The number of rotatable bonds is 8. The number of nitrogens with one attached hydrogen (secondary N) is 3. The van der Waals surface area contributed by atoms with Crippen molar-refractivity contribution in [2.45, 2.75) is 38.3 Å². The fourth-order valence-electron chi connectivity index (χ4n) is 5.34. The predicted molar refractivity (Wildman–Crippen MR) is 153 cm³/mol. The molecular formula is C30H34N6O4. The van der Waals surface area contributed by atoms with Gasteiger partial charge >= 0.3 is 0 Å². The molecule has 3 aromatic rings. The number of amides is 2. The molecule has 2 atom stereocenters. The number of hydrogen-bond acceptors (Lipinski definition) is 5. The normalized spacial score (nSPS) is 16.8. The smallest absolute Gasteiger partial charge is 0.276 e. The van der Waals surface area contributed by atoms with Crippen LogP contribution in [0, 0.1) is 18.3 Å². The van der Waals surface area contributed by atoms with Crippen LogP contribution in [0.25, 0.3) is 0 Å².